The first-order chi connectivity index (χ1) is 11.8. The minimum atomic E-state index is 0.721. The molecule has 2 heterocycles. The summed E-state index contributed by atoms with van der Waals surface area (Å²) in [5, 5.41) is 3.33. The van der Waals surface area contributed by atoms with Gasteiger partial charge >= 0.3 is 0 Å². The number of nitrogens with zero attached hydrogens (tertiary/aromatic N) is 2. The van der Waals surface area contributed by atoms with E-state index in [0.29, 0.717) is 0 Å². The highest BCUT2D eigenvalue weighted by Gasteiger charge is 2.10. The summed E-state index contributed by atoms with van der Waals surface area (Å²) in [6.07, 6.45) is 0. The van der Waals surface area contributed by atoms with Crippen molar-refractivity contribution >= 4 is 28.4 Å². The number of nitrogens with one attached hydrogen (secondary N) is 2. The molecule has 0 aliphatic carbocycles. The van der Waals surface area contributed by atoms with Gasteiger partial charge in [0.05, 0.1) is 24.2 Å². The van der Waals surface area contributed by atoms with Crippen molar-refractivity contribution in [2.75, 3.05) is 42.3 Å². The van der Waals surface area contributed by atoms with Crippen LogP contribution in [0.3, 0.4) is 0 Å². The third-order valence-corrected chi connectivity index (χ3v) is 4.28. The highest BCUT2D eigenvalue weighted by molar-refractivity contribution is 5.80. The van der Waals surface area contributed by atoms with Crippen LogP contribution in [0.2, 0.25) is 0 Å². The molecule has 0 radical (unpaired) electrons. The number of H-pyrrole nitrogens is 1. The van der Waals surface area contributed by atoms with Crippen LogP contribution < -0.4 is 16.0 Å². The Morgan fingerprint density at radius 2 is 1.92 bits per heavy atom. The zero-order valence-electron chi connectivity index (χ0n) is 13.5. The van der Waals surface area contributed by atoms with Crippen LogP contribution in [0, 0.1) is 0 Å². The van der Waals surface area contributed by atoms with Gasteiger partial charge in [0.1, 0.15) is 0 Å². The lowest BCUT2D eigenvalue weighted by atomic mass is 10.2. The van der Waals surface area contributed by atoms with E-state index in [9.17, 15) is 0 Å². The maximum absolute atomic E-state index is 5.79. The fourth-order valence-corrected chi connectivity index (χ4v) is 2.94. The average Bonchev–Trinajstić information content (AvgIpc) is 3.03. The van der Waals surface area contributed by atoms with Gasteiger partial charge in [-0.15, -0.1) is 0 Å². The predicted molar refractivity (Wildman–Crippen MR) is 97.3 cm³/mol. The molecule has 1 aliphatic heterocycles. The number of fused-ring (bicyclic) bond motifs is 1. The van der Waals surface area contributed by atoms with Crippen LogP contribution >= 0.6 is 0 Å². The lowest BCUT2D eigenvalue weighted by molar-refractivity contribution is 0.122. The molecule has 124 valence electrons. The largest absolute Gasteiger partial charge is 0.399 e. The number of aromatic nitrogens is 2. The van der Waals surface area contributed by atoms with Crippen molar-refractivity contribution in [3.05, 3.63) is 48.0 Å². The minimum Gasteiger partial charge on any atom is -0.399 e. The molecule has 0 amide bonds. The van der Waals surface area contributed by atoms with Crippen LogP contribution in [0.1, 0.15) is 5.56 Å². The van der Waals surface area contributed by atoms with Crippen LogP contribution in [-0.2, 0) is 11.3 Å². The van der Waals surface area contributed by atoms with E-state index in [1.54, 1.807) is 0 Å². The number of rotatable bonds is 4. The van der Waals surface area contributed by atoms with Gasteiger partial charge in [-0.2, -0.15) is 0 Å². The van der Waals surface area contributed by atoms with E-state index < -0.39 is 0 Å². The molecule has 1 aromatic heterocycles. The van der Waals surface area contributed by atoms with Crippen molar-refractivity contribution in [1.82, 2.24) is 9.97 Å². The third kappa shape index (κ3) is 3.14. The molecule has 6 nitrogen and oxygen atoms in total. The third-order valence-electron chi connectivity index (χ3n) is 4.28. The lowest BCUT2D eigenvalue weighted by Crippen LogP contribution is -2.36. The smallest absolute Gasteiger partial charge is 0.201 e. The molecule has 0 bridgehead atoms. The second-order valence-electron chi connectivity index (χ2n) is 5.98. The molecule has 1 saturated heterocycles. The van der Waals surface area contributed by atoms with Gasteiger partial charge in [-0.25, -0.2) is 4.98 Å². The Bertz CT molecular complexity index is 821. The maximum atomic E-state index is 5.79. The number of aromatic amines is 1. The van der Waals surface area contributed by atoms with Crippen LogP contribution in [0.5, 0.6) is 0 Å². The van der Waals surface area contributed by atoms with Gasteiger partial charge in [0.2, 0.25) is 5.95 Å². The van der Waals surface area contributed by atoms with Gasteiger partial charge in [-0.1, -0.05) is 12.1 Å². The Morgan fingerprint density at radius 3 is 2.71 bits per heavy atom. The number of hydrogen-bond acceptors (Lipinski definition) is 5. The monoisotopic (exact) mass is 323 g/mol. The van der Waals surface area contributed by atoms with Gasteiger partial charge in [0, 0.05) is 31.0 Å². The summed E-state index contributed by atoms with van der Waals surface area (Å²) in [5.74, 6) is 0.757. The Balaban J connectivity index is 1.41. The maximum Gasteiger partial charge on any atom is 0.201 e. The Kier molecular flexibility index (Phi) is 3.96. The quantitative estimate of drug-likeness (QED) is 0.643. The van der Waals surface area contributed by atoms with Gasteiger partial charge < -0.3 is 25.7 Å². The van der Waals surface area contributed by atoms with E-state index >= 15 is 0 Å². The second-order valence-corrected chi connectivity index (χ2v) is 5.98. The average molecular weight is 323 g/mol. The molecule has 1 aliphatic rings. The number of nitrogens with two attached hydrogens (primary N) is 1. The number of anilines is 3. The summed E-state index contributed by atoms with van der Waals surface area (Å²) in [6.45, 7) is 4.25. The molecule has 4 N–H and O–H groups in total. The summed E-state index contributed by atoms with van der Waals surface area (Å²) in [5.41, 5.74) is 10.8. The highest BCUT2D eigenvalue weighted by Crippen LogP contribution is 2.19. The summed E-state index contributed by atoms with van der Waals surface area (Å²) < 4.78 is 5.39. The van der Waals surface area contributed by atoms with E-state index in [1.807, 2.05) is 18.2 Å². The zero-order valence-corrected chi connectivity index (χ0v) is 13.5. The molecule has 24 heavy (non-hydrogen) atoms. The number of imidazole rings is 1. The van der Waals surface area contributed by atoms with Gasteiger partial charge in [0.15, 0.2) is 0 Å². The first kappa shape index (κ1) is 14.8. The molecular formula is C18H21N5O. The second kappa shape index (κ2) is 6.41. The van der Waals surface area contributed by atoms with E-state index in [1.165, 1.54) is 11.3 Å². The zero-order chi connectivity index (χ0) is 16.4. The molecule has 0 spiro atoms. The Labute approximate surface area is 140 Å². The van der Waals surface area contributed by atoms with Crippen molar-refractivity contribution in [3.8, 4) is 0 Å². The summed E-state index contributed by atoms with van der Waals surface area (Å²) in [7, 11) is 0. The normalized spacial score (nSPS) is 14.9. The van der Waals surface area contributed by atoms with Crippen LogP contribution in [0.4, 0.5) is 17.3 Å². The number of hydrogen-bond donors (Lipinski definition) is 3. The summed E-state index contributed by atoms with van der Waals surface area (Å²) >= 11 is 0. The van der Waals surface area contributed by atoms with Crippen molar-refractivity contribution in [1.29, 1.82) is 0 Å². The molecule has 0 atom stereocenters. The van der Waals surface area contributed by atoms with Crippen LogP contribution in [-0.4, -0.2) is 36.3 Å². The van der Waals surface area contributed by atoms with Gasteiger partial charge in [0.25, 0.3) is 0 Å². The van der Waals surface area contributed by atoms with Crippen molar-refractivity contribution < 1.29 is 4.74 Å². The standard InChI is InChI=1S/C18H21N5O/c19-14-3-6-16-17(11-14)22-18(21-16)20-12-13-1-4-15(5-2-13)23-7-9-24-10-8-23/h1-6,11H,7-10,12,19H2,(H2,20,21,22). The van der Waals surface area contributed by atoms with E-state index in [-0.39, 0.29) is 0 Å². The minimum absolute atomic E-state index is 0.721. The van der Waals surface area contributed by atoms with Crippen LogP contribution in [0.15, 0.2) is 42.5 Å². The van der Waals surface area contributed by atoms with Crippen LogP contribution in [0.25, 0.3) is 11.0 Å². The van der Waals surface area contributed by atoms with Crippen molar-refractivity contribution in [2.45, 2.75) is 6.54 Å². The number of benzene rings is 2. The molecule has 0 saturated carbocycles. The first-order valence-corrected chi connectivity index (χ1v) is 8.19. The number of ether oxygens (including phenoxy) is 1. The van der Waals surface area contributed by atoms with Gasteiger partial charge in [-0.3, -0.25) is 0 Å². The van der Waals surface area contributed by atoms with Gasteiger partial charge in [-0.05, 0) is 35.9 Å². The summed E-state index contributed by atoms with van der Waals surface area (Å²) in [6, 6.07) is 14.3. The van der Waals surface area contributed by atoms with Crippen molar-refractivity contribution in [2.24, 2.45) is 0 Å². The first-order valence-electron chi connectivity index (χ1n) is 8.19. The lowest BCUT2D eigenvalue weighted by Gasteiger charge is -2.28. The molecule has 0 unspecified atom stereocenters. The topological polar surface area (TPSA) is 79.2 Å². The van der Waals surface area contributed by atoms with E-state index in [0.717, 1.165) is 55.5 Å². The fourth-order valence-electron chi connectivity index (χ4n) is 2.94. The van der Waals surface area contributed by atoms with E-state index in [4.69, 9.17) is 10.5 Å². The summed E-state index contributed by atoms with van der Waals surface area (Å²) in [4.78, 5) is 10.1. The number of morpholine rings is 1. The Morgan fingerprint density at radius 1 is 1.12 bits per heavy atom. The van der Waals surface area contributed by atoms with Crippen molar-refractivity contribution in [3.63, 3.8) is 0 Å². The molecule has 1 fully saturated rings. The molecule has 2 aromatic carbocycles. The Hall–Kier alpha value is -2.73. The molecule has 6 heteroatoms. The fraction of sp³-hybridized carbons (Fsp3) is 0.278. The molecule has 4 rings (SSSR count). The molecular weight excluding hydrogens is 302 g/mol. The number of nitrogen functional groups attached to an aromatic ring is 1. The molecule has 3 aromatic rings. The highest BCUT2D eigenvalue weighted by atomic mass is 16.5. The predicted octanol–water partition coefficient (Wildman–Crippen LogP) is 2.59. The van der Waals surface area contributed by atoms with E-state index in [2.05, 4.69) is 44.5 Å². The SMILES string of the molecule is Nc1ccc2nc(NCc3ccc(N4CCOCC4)cc3)[nH]c2c1.